The second kappa shape index (κ2) is 5.63. The summed E-state index contributed by atoms with van der Waals surface area (Å²) in [5.74, 6) is -1.06. The lowest BCUT2D eigenvalue weighted by atomic mass is 10.1. The Balaban J connectivity index is 1.59. The number of carbonyl (C=O) groups is 1. The quantitative estimate of drug-likeness (QED) is 0.933. The van der Waals surface area contributed by atoms with Crippen LogP contribution in [0.5, 0.6) is 0 Å². The van der Waals surface area contributed by atoms with Gasteiger partial charge in [0.1, 0.15) is 0 Å². The van der Waals surface area contributed by atoms with Crippen LogP contribution in [0.25, 0.3) is 0 Å². The molecular formula is C13H12Cl2N4O2. The predicted octanol–water partition coefficient (Wildman–Crippen LogP) is 2.34. The van der Waals surface area contributed by atoms with Gasteiger partial charge in [0.25, 0.3) is 0 Å². The largest absolute Gasteiger partial charge is 0.476 e. The summed E-state index contributed by atoms with van der Waals surface area (Å²) in [6.07, 6.45) is 1.46. The van der Waals surface area contributed by atoms with Crippen LogP contribution in [0.4, 0.5) is 0 Å². The summed E-state index contributed by atoms with van der Waals surface area (Å²) in [7, 11) is 0. The fourth-order valence-electron chi connectivity index (χ4n) is 2.28. The molecule has 2 heterocycles. The SMILES string of the molecule is O=C(O)c1cn(C2CN(Cc3ccc(Cl)cc3Cl)C2)nn1. The number of rotatable bonds is 4. The van der Waals surface area contributed by atoms with Crippen molar-refractivity contribution < 1.29 is 9.90 Å². The third-order valence-corrected chi connectivity index (χ3v) is 4.04. The number of carboxylic acid groups (broad SMARTS) is 1. The molecule has 1 fully saturated rings. The summed E-state index contributed by atoms with van der Waals surface area (Å²) in [5, 5.41) is 17.5. The van der Waals surface area contributed by atoms with Gasteiger partial charge in [-0.3, -0.25) is 4.90 Å². The highest BCUT2D eigenvalue weighted by molar-refractivity contribution is 6.35. The van der Waals surface area contributed by atoms with E-state index in [0.29, 0.717) is 10.0 Å². The molecule has 0 atom stereocenters. The summed E-state index contributed by atoms with van der Waals surface area (Å²) in [6.45, 7) is 2.29. The second-order valence-electron chi connectivity index (χ2n) is 4.97. The van der Waals surface area contributed by atoms with E-state index in [1.54, 1.807) is 10.7 Å². The number of benzene rings is 1. The molecule has 8 heteroatoms. The van der Waals surface area contributed by atoms with Crippen molar-refractivity contribution in [2.24, 2.45) is 0 Å². The number of likely N-dealkylation sites (tertiary alicyclic amines) is 1. The molecule has 1 aromatic carbocycles. The lowest BCUT2D eigenvalue weighted by Crippen LogP contribution is -2.47. The van der Waals surface area contributed by atoms with Gasteiger partial charge in [-0.15, -0.1) is 5.10 Å². The van der Waals surface area contributed by atoms with E-state index in [9.17, 15) is 4.79 Å². The summed E-state index contributed by atoms with van der Waals surface area (Å²) in [6, 6.07) is 5.61. The van der Waals surface area contributed by atoms with Crippen LogP contribution in [0.15, 0.2) is 24.4 Å². The van der Waals surface area contributed by atoms with Crippen LogP contribution in [-0.4, -0.2) is 44.1 Å². The monoisotopic (exact) mass is 326 g/mol. The van der Waals surface area contributed by atoms with Gasteiger partial charge >= 0.3 is 5.97 Å². The normalized spacial score (nSPS) is 15.9. The summed E-state index contributed by atoms with van der Waals surface area (Å²) >= 11 is 12.0. The highest BCUT2D eigenvalue weighted by atomic mass is 35.5. The van der Waals surface area contributed by atoms with E-state index in [4.69, 9.17) is 28.3 Å². The van der Waals surface area contributed by atoms with Crippen molar-refractivity contribution >= 4 is 29.2 Å². The van der Waals surface area contributed by atoms with Crippen LogP contribution in [0.2, 0.25) is 10.0 Å². The van der Waals surface area contributed by atoms with Crippen LogP contribution >= 0.6 is 23.2 Å². The Bertz CT molecular complexity index is 683. The van der Waals surface area contributed by atoms with Gasteiger partial charge in [0.05, 0.1) is 12.2 Å². The van der Waals surface area contributed by atoms with E-state index in [-0.39, 0.29) is 11.7 Å². The molecule has 0 aliphatic carbocycles. The highest BCUT2D eigenvalue weighted by Crippen LogP contribution is 2.27. The minimum absolute atomic E-state index is 0.0332. The zero-order valence-corrected chi connectivity index (χ0v) is 12.4. The van der Waals surface area contributed by atoms with Crippen molar-refractivity contribution in [1.29, 1.82) is 0 Å². The van der Waals surface area contributed by atoms with Gasteiger partial charge in [0, 0.05) is 29.7 Å². The Morgan fingerprint density at radius 2 is 2.14 bits per heavy atom. The highest BCUT2D eigenvalue weighted by Gasteiger charge is 2.30. The zero-order chi connectivity index (χ0) is 15.0. The minimum Gasteiger partial charge on any atom is -0.476 e. The van der Waals surface area contributed by atoms with Gasteiger partial charge in [-0.1, -0.05) is 34.5 Å². The number of nitrogens with zero attached hydrogens (tertiary/aromatic N) is 4. The molecule has 1 N–H and O–H groups in total. The molecular weight excluding hydrogens is 315 g/mol. The summed E-state index contributed by atoms with van der Waals surface area (Å²) in [4.78, 5) is 13.0. The minimum atomic E-state index is -1.06. The number of hydrogen-bond acceptors (Lipinski definition) is 4. The molecule has 2 aromatic rings. The molecule has 0 spiro atoms. The summed E-state index contributed by atoms with van der Waals surface area (Å²) < 4.78 is 1.60. The Morgan fingerprint density at radius 3 is 2.76 bits per heavy atom. The fourth-order valence-corrected chi connectivity index (χ4v) is 2.75. The molecule has 0 radical (unpaired) electrons. The van der Waals surface area contributed by atoms with Crippen LogP contribution in [-0.2, 0) is 6.54 Å². The first-order chi connectivity index (χ1) is 10.0. The molecule has 1 aromatic heterocycles. The molecule has 21 heavy (non-hydrogen) atoms. The van der Waals surface area contributed by atoms with Gasteiger partial charge in [-0.05, 0) is 17.7 Å². The number of hydrogen-bond donors (Lipinski definition) is 1. The van der Waals surface area contributed by atoms with Crippen LogP contribution in [0.3, 0.4) is 0 Å². The van der Waals surface area contributed by atoms with Gasteiger partial charge in [0.2, 0.25) is 0 Å². The van der Waals surface area contributed by atoms with E-state index in [2.05, 4.69) is 15.2 Å². The van der Waals surface area contributed by atoms with Crippen molar-refractivity contribution in [1.82, 2.24) is 19.9 Å². The maximum atomic E-state index is 10.8. The molecule has 1 aliphatic heterocycles. The number of aromatic nitrogens is 3. The molecule has 0 saturated carbocycles. The van der Waals surface area contributed by atoms with Crippen molar-refractivity contribution in [3.05, 3.63) is 45.7 Å². The van der Waals surface area contributed by atoms with Crippen LogP contribution < -0.4 is 0 Å². The van der Waals surface area contributed by atoms with E-state index < -0.39 is 5.97 Å². The maximum absolute atomic E-state index is 10.8. The molecule has 6 nitrogen and oxygen atoms in total. The molecule has 3 rings (SSSR count). The fraction of sp³-hybridized carbons (Fsp3) is 0.308. The second-order valence-corrected chi connectivity index (χ2v) is 5.82. The first-order valence-corrected chi connectivity index (χ1v) is 7.10. The van der Waals surface area contributed by atoms with Crippen LogP contribution in [0, 0.1) is 0 Å². The van der Waals surface area contributed by atoms with Gasteiger partial charge in [0.15, 0.2) is 5.69 Å². The van der Waals surface area contributed by atoms with Crippen molar-refractivity contribution in [2.75, 3.05) is 13.1 Å². The Kier molecular flexibility index (Phi) is 3.84. The van der Waals surface area contributed by atoms with Gasteiger partial charge in [-0.25, -0.2) is 9.48 Å². The molecule has 0 bridgehead atoms. The van der Waals surface area contributed by atoms with E-state index in [1.165, 1.54) is 6.20 Å². The predicted molar refractivity (Wildman–Crippen MR) is 77.8 cm³/mol. The standard InChI is InChI=1S/C13H12Cl2N4O2/c14-9-2-1-8(11(15)3-9)4-18-5-10(6-18)19-7-12(13(20)21)16-17-19/h1-3,7,10H,4-6H2,(H,20,21). The van der Waals surface area contributed by atoms with Gasteiger partial charge < -0.3 is 5.11 Å². The van der Waals surface area contributed by atoms with Crippen LogP contribution in [0.1, 0.15) is 22.1 Å². The lowest BCUT2D eigenvalue weighted by molar-refractivity contribution is 0.0690. The van der Waals surface area contributed by atoms with E-state index in [0.717, 1.165) is 25.2 Å². The third-order valence-electron chi connectivity index (χ3n) is 3.45. The zero-order valence-electron chi connectivity index (χ0n) is 10.9. The van der Waals surface area contributed by atoms with E-state index in [1.807, 2.05) is 12.1 Å². The first kappa shape index (κ1) is 14.3. The lowest BCUT2D eigenvalue weighted by Gasteiger charge is -2.39. The summed E-state index contributed by atoms with van der Waals surface area (Å²) in [5.41, 5.74) is 0.985. The third kappa shape index (κ3) is 3.02. The Morgan fingerprint density at radius 1 is 1.38 bits per heavy atom. The maximum Gasteiger partial charge on any atom is 0.358 e. The average molecular weight is 327 g/mol. The first-order valence-electron chi connectivity index (χ1n) is 6.34. The topological polar surface area (TPSA) is 71.2 Å². The Labute approximate surface area is 130 Å². The molecule has 0 amide bonds. The number of carboxylic acids is 1. The smallest absolute Gasteiger partial charge is 0.358 e. The van der Waals surface area contributed by atoms with Crippen molar-refractivity contribution in [3.8, 4) is 0 Å². The molecule has 0 unspecified atom stereocenters. The number of aromatic carboxylic acids is 1. The van der Waals surface area contributed by atoms with Crippen molar-refractivity contribution in [3.63, 3.8) is 0 Å². The van der Waals surface area contributed by atoms with Gasteiger partial charge in [-0.2, -0.15) is 0 Å². The molecule has 1 aliphatic rings. The van der Waals surface area contributed by atoms with Crippen molar-refractivity contribution in [2.45, 2.75) is 12.6 Å². The Hall–Kier alpha value is -1.63. The average Bonchev–Trinajstić information content (AvgIpc) is 2.84. The van der Waals surface area contributed by atoms with E-state index >= 15 is 0 Å². The molecule has 110 valence electrons. The number of halogens is 2. The molecule has 1 saturated heterocycles.